The third kappa shape index (κ3) is 3.39. The fourth-order valence-electron chi connectivity index (χ4n) is 2.95. The normalized spacial score (nSPS) is 16.5. The summed E-state index contributed by atoms with van der Waals surface area (Å²) in [5.74, 6) is 0.795. The molecule has 0 unspecified atom stereocenters. The van der Waals surface area contributed by atoms with Crippen LogP contribution in [0.2, 0.25) is 0 Å². The van der Waals surface area contributed by atoms with E-state index in [1.165, 1.54) is 5.56 Å². The van der Waals surface area contributed by atoms with E-state index in [9.17, 15) is 4.79 Å². The van der Waals surface area contributed by atoms with Gasteiger partial charge < -0.3 is 9.32 Å². The van der Waals surface area contributed by atoms with Crippen LogP contribution in [0.5, 0.6) is 0 Å². The van der Waals surface area contributed by atoms with Gasteiger partial charge in [0, 0.05) is 32.7 Å². The minimum Gasteiger partial charge on any atom is -0.469 e. The molecule has 0 bridgehead atoms. The van der Waals surface area contributed by atoms with E-state index in [-0.39, 0.29) is 5.91 Å². The molecule has 1 aliphatic rings. The largest absolute Gasteiger partial charge is 0.469 e. The molecule has 1 aliphatic heterocycles. The first-order valence-corrected chi connectivity index (χ1v) is 7.83. The van der Waals surface area contributed by atoms with Crippen molar-refractivity contribution in [2.24, 2.45) is 0 Å². The van der Waals surface area contributed by atoms with Crippen molar-refractivity contribution in [2.45, 2.75) is 19.9 Å². The number of furan rings is 1. The summed E-state index contributed by atoms with van der Waals surface area (Å²) in [4.78, 5) is 16.9. The fraction of sp³-hybridized carbons (Fsp3) is 0.389. The van der Waals surface area contributed by atoms with Crippen LogP contribution in [0.3, 0.4) is 0 Å². The van der Waals surface area contributed by atoms with Gasteiger partial charge in [-0.2, -0.15) is 0 Å². The minimum atomic E-state index is 0.0906. The highest BCUT2D eigenvalue weighted by Gasteiger charge is 2.22. The van der Waals surface area contributed by atoms with E-state index in [1.54, 1.807) is 12.3 Å². The summed E-state index contributed by atoms with van der Waals surface area (Å²) in [5.41, 5.74) is 2.02. The number of hydrogen-bond acceptors (Lipinski definition) is 3. The highest BCUT2D eigenvalue weighted by Crippen LogP contribution is 2.15. The lowest BCUT2D eigenvalue weighted by atomic mass is 10.2. The Hall–Kier alpha value is -2.07. The first-order chi connectivity index (χ1) is 10.7. The van der Waals surface area contributed by atoms with E-state index < -0.39 is 0 Å². The molecule has 4 heteroatoms. The maximum atomic E-state index is 12.5. The van der Waals surface area contributed by atoms with Gasteiger partial charge in [-0.25, -0.2) is 0 Å². The zero-order valence-corrected chi connectivity index (χ0v) is 13.0. The number of carbonyl (C=O) groups is 1. The third-order valence-corrected chi connectivity index (χ3v) is 4.21. The predicted octanol–water partition coefficient (Wildman–Crippen LogP) is 2.94. The highest BCUT2D eigenvalue weighted by molar-refractivity contribution is 5.95. The van der Waals surface area contributed by atoms with Crippen LogP contribution in [0.4, 0.5) is 0 Å². The molecule has 1 saturated heterocycles. The van der Waals surface area contributed by atoms with Gasteiger partial charge in [-0.1, -0.05) is 30.3 Å². The molecule has 0 spiro atoms. The van der Waals surface area contributed by atoms with Crippen molar-refractivity contribution in [2.75, 3.05) is 26.2 Å². The molecular formula is C18H22N2O2. The summed E-state index contributed by atoms with van der Waals surface area (Å²) in [7, 11) is 0. The van der Waals surface area contributed by atoms with Gasteiger partial charge in [0.25, 0.3) is 5.91 Å². The quantitative estimate of drug-likeness (QED) is 0.874. The molecule has 3 rings (SSSR count). The SMILES string of the molecule is Cc1occc1C(=O)N1CCCN(Cc2ccccc2)CC1. The molecule has 1 aromatic carbocycles. The monoisotopic (exact) mass is 298 g/mol. The van der Waals surface area contributed by atoms with E-state index >= 15 is 0 Å². The molecule has 1 amide bonds. The molecule has 1 fully saturated rings. The topological polar surface area (TPSA) is 36.7 Å². The van der Waals surface area contributed by atoms with Crippen LogP contribution in [-0.4, -0.2) is 41.9 Å². The summed E-state index contributed by atoms with van der Waals surface area (Å²) >= 11 is 0. The zero-order chi connectivity index (χ0) is 15.4. The first-order valence-electron chi connectivity index (χ1n) is 7.83. The first kappa shape index (κ1) is 14.9. The van der Waals surface area contributed by atoms with E-state index in [2.05, 4.69) is 29.2 Å². The molecule has 116 valence electrons. The second-order valence-corrected chi connectivity index (χ2v) is 5.80. The lowest BCUT2D eigenvalue weighted by Gasteiger charge is -2.22. The smallest absolute Gasteiger partial charge is 0.257 e. The van der Waals surface area contributed by atoms with E-state index in [1.807, 2.05) is 17.9 Å². The molecule has 0 radical (unpaired) electrons. The standard InChI is InChI=1S/C18H22N2O2/c1-15-17(8-13-22-15)18(21)20-10-5-9-19(11-12-20)14-16-6-3-2-4-7-16/h2-4,6-8,13H,5,9-12,14H2,1H3. The average molecular weight is 298 g/mol. The van der Waals surface area contributed by atoms with Crippen LogP contribution in [0, 0.1) is 6.92 Å². The lowest BCUT2D eigenvalue weighted by molar-refractivity contribution is 0.0759. The average Bonchev–Trinajstić information content (AvgIpc) is 2.82. The number of benzene rings is 1. The van der Waals surface area contributed by atoms with Gasteiger partial charge in [0.1, 0.15) is 5.76 Å². The van der Waals surface area contributed by atoms with E-state index in [0.717, 1.165) is 39.1 Å². The van der Waals surface area contributed by atoms with Gasteiger partial charge in [0.2, 0.25) is 0 Å². The van der Waals surface area contributed by atoms with Crippen LogP contribution < -0.4 is 0 Å². The summed E-state index contributed by atoms with van der Waals surface area (Å²) in [6.07, 6.45) is 2.59. The molecule has 2 aromatic rings. The molecule has 0 aliphatic carbocycles. The molecular weight excluding hydrogens is 276 g/mol. The Morgan fingerprint density at radius 1 is 1.09 bits per heavy atom. The number of amides is 1. The summed E-state index contributed by atoms with van der Waals surface area (Å²) in [5, 5.41) is 0. The molecule has 4 nitrogen and oxygen atoms in total. The Morgan fingerprint density at radius 3 is 2.64 bits per heavy atom. The van der Waals surface area contributed by atoms with Crippen molar-refractivity contribution in [3.63, 3.8) is 0 Å². The summed E-state index contributed by atoms with van der Waals surface area (Å²) < 4.78 is 5.25. The summed E-state index contributed by atoms with van der Waals surface area (Å²) in [6, 6.07) is 12.3. The molecule has 0 saturated carbocycles. The van der Waals surface area contributed by atoms with Crippen LogP contribution >= 0.6 is 0 Å². The van der Waals surface area contributed by atoms with Crippen molar-refractivity contribution in [1.82, 2.24) is 9.80 Å². The second kappa shape index (κ2) is 6.79. The number of nitrogens with zero attached hydrogens (tertiary/aromatic N) is 2. The number of rotatable bonds is 3. The number of aryl methyl sites for hydroxylation is 1. The molecule has 2 heterocycles. The van der Waals surface area contributed by atoms with Crippen molar-refractivity contribution in [1.29, 1.82) is 0 Å². The van der Waals surface area contributed by atoms with Gasteiger partial charge in [0.05, 0.1) is 11.8 Å². The predicted molar refractivity (Wildman–Crippen MR) is 85.7 cm³/mol. The van der Waals surface area contributed by atoms with Crippen molar-refractivity contribution in [3.8, 4) is 0 Å². The Morgan fingerprint density at radius 2 is 1.91 bits per heavy atom. The van der Waals surface area contributed by atoms with Crippen molar-refractivity contribution in [3.05, 3.63) is 59.5 Å². The fourth-order valence-corrected chi connectivity index (χ4v) is 2.95. The number of hydrogen-bond donors (Lipinski definition) is 0. The molecule has 0 atom stereocenters. The van der Waals surface area contributed by atoms with Crippen LogP contribution in [0.15, 0.2) is 47.1 Å². The minimum absolute atomic E-state index is 0.0906. The zero-order valence-electron chi connectivity index (χ0n) is 13.0. The van der Waals surface area contributed by atoms with E-state index in [4.69, 9.17) is 4.42 Å². The van der Waals surface area contributed by atoms with Crippen molar-refractivity contribution < 1.29 is 9.21 Å². The summed E-state index contributed by atoms with van der Waals surface area (Å²) in [6.45, 7) is 6.33. The third-order valence-electron chi connectivity index (χ3n) is 4.21. The second-order valence-electron chi connectivity index (χ2n) is 5.80. The van der Waals surface area contributed by atoms with Gasteiger partial charge in [0.15, 0.2) is 0 Å². The van der Waals surface area contributed by atoms with Crippen LogP contribution in [0.25, 0.3) is 0 Å². The van der Waals surface area contributed by atoms with E-state index in [0.29, 0.717) is 11.3 Å². The Balaban J connectivity index is 1.60. The van der Waals surface area contributed by atoms with Gasteiger partial charge in [-0.05, 0) is 25.0 Å². The van der Waals surface area contributed by atoms with Gasteiger partial charge in [-0.15, -0.1) is 0 Å². The maximum Gasteiger partial charge on any atom is 0.257 e. The Labute approximate surface area is 131 Å². The highest BCUT2D eigenvalue weighted by atomic mass is 16.3. The van der Waals surface area contributed by atoms with Gasteiger partial charge >= 0.3 is 0 Å². The Bertz CT molecular complexity index is 621. The Kier molecular flexibility index (Phi) is 4.59. The van der Waals surface area contributed by atoms with Gasteiger partial charge in [-0.3, -0.25) is 9.69 Å². The number of carbonyl (C=O) groups excluding carboxylic acids is 1. The van der Waals surface area contributed by atoms with Crippen molar-refractivity contribution >= 4 is 5.91 Å². The maximum absolute atomic E-state index is 12.5. The lowest BCUT2D eigenvalue weighted by Crippen LogP contribution is -2.35. The molecule has 22 heavy (non-hydrogen) atoms. The molecule has 1 aromatic heterocycles. The van der Waals surface area contributed by atoms with Crippen LogP contribution in [0.1, 0.15) is 28.1 Å². The van der Waals surface area contributed by atoms with Crippen LogP contribution in [-0.2, 0) is 6.54 Å². The molecule has 0 N–H and O–H groups in total.